The van der Waals surface area contributed by atoms with Gasteiger partial charge in [-0.3, -0.25) is 9.69 Å². The molecule has 22 heavy (non-hydrogen) atoms. The lowest BCUT2D eigenvalue weighted by atomic mass is 9.89. The Hall–Kier alpha value is -1.46. The van der Waals surface area contributed by atoms with E-state index >= 15 is 0 Å². The molecule has 1 N–H and O–H groups in total. The number of carbonyl (C=O) groups excluding carboxylic acids is 1. The summed E-state index contributed by atoms with van der Waals surface area (Å²) < 4.78 is 5.10. The van der Waals surface area contributed by atoms with Crippen LogP contribution in [0.15, 0.2) is 12.3 Å². The molecule has 0 spiro atoms. The van der Waals surface area contributed by atoms with Gasteiger partial charge < -0.3 is 10.1 Å². The highest BCUT2D eigenvalue weighted by atomic mass is 16.5. The van der Waals surface area contributed by atoms with Crippen LogP contribution in [0.5, 0.6) is 0 Å². The fraction of sp³-hybridized carbons (Fsp3) is 0.647. The predicted octanol–water partition coefficient (Wildman–Crippen LogP) is 2.84. The van der Waals surface area contributed by atoms with Gasteiger partial charge in [-0.15, -0.1) is 0 Å². The lowest BCUT2D eigenvalue weighted by Crippen LogP contribution is -2.30. The molecule has 124 valence electrons. The van der Waals surface area contributed by atoms with Crippen LogP contribution in [-0.4, -0.2) is 43.1 Å². The molecule has 1 aromatic rings. The lowest BCUT2D eigenvalue weighted by molar-refractivity contribution is -0.124. The number of methoxy groups -OCH3 is 1. The molecule has 0 bridgehead atoms. The summed E-state index contributed by atoms with van der Waals surface area (Å²) in [6, 6.07) is 1.96. The Morgan fingerprint density at radius 1 is 1.45 bits per heavy atom. The van der Waals surface area contributed by atoms with E-state index in [-0.39, 0.29) is 11.3 Å². The van der Waals surface area contributed by atoms with Gasteiger partial charge in [-0.05, 0) is 37.6 Å². The minimum atomic E-state index is -0.387. The van der Waals surface area contributed by atoms with Gasteiger partial charge in [-0.2, -0.15) is 0 Å². The standard InChI is InChI=1S/C17H29N3O2/c1-7-17(3,4)16(21)19-15-10-14(13(2)11-18-15)12-20(5)8-9-22-6/h10-11H,7-9,12H2,1-6H3,(H,18,19,21). The van der Waals surface area contributed by atoms with Gasteiger partial charge in [0.2, 0.25) is 5.91 Å². The van der Waals surface area contributed by atoms with Gasteiger partial charge in [0.1, 0.15) is 5.82 Å². The molecule has 0 fully saturated rings. The van der Waals surface area contributed by atoms with Crippen LogP contribution in [-0.2, 0) is 16.1 Å². The number of carbonyl (C=O) groups is 1. The van der Waals surface area contributed by atoms with Gasteiger partial charge in [-0.1, -0.05) is 20.8 Å². The summed E-state index contributed by atoms with van der Waals surface area (Å²) in [5.74, 6) is 0.623. The number of ether oxygens (including phenoxy) is 1. The van der Waals surface area contributed by atoms with Crippen LogP contribution in [0.2, 0.25) is 0 Å². The molecule has 1 aromatic heterocycles. The first-order chi connectivity index (χ1) is 10.3. The van der Waals surface area contributed by atoms with E-state index in [0.29, 0.717) is 12.4 Å². The molecule has 0 saturated carbocycles. The number of aryl methyl sites for hydroxylation is 1. The first kappa shape index (κ1) is 18.6. The summed E-state index contributed by atoms with van der Waals surface area (Å²) in [4.78, 5) is 18.8. The minimum absolute atomic E-state index is 0.00467. The molecular formula is C17H29N3O2. The first-order valence-electron chi connectivity index (χ1n) is 7.74. The second kappa shape index (κ2) is 8.25. The average molecular weight is 307 g/mol. The number of rotatable bonds is 8. The van der Waals surface area contributed by atoms with Gasteiger partial charge in [-0.25, -0.2) is 4.98 Å². The van der Waals surface area contributed by atoms with Crippen molar-refractivity contribution in [1.29, 1.82) is 0 Å². The zero-order valence-corrected chi connectivity index (χ0v) is 14.7. The normalized spacial score (nSPS) is 11.8. The number of amides is 1. The Morgan fingerprint density at radius 2 is 2.14 bits per heavy atom. The fourth-order valence-electron chi connectivity index (χ4n) is 1.87. The van der Waals surface area contributed by atoms with Crippen LogP contribution in [0, 0.1) is 12.3 Å². The number of pyridine rings is 1. The summed E-state index contributed by atoms with van der Waals surface area (Å²) in [6.07, 6.45) is 2.60. The molecule has 5 nitrogen and oxygen atoms in total. The number of likely N-dealkylation sites (N-methyl/N-ethyl adjacent to an activating group) is 1. The zero-order chi connectivity index (χ0) is 16.8. The van der Waals surface area contributed by atoms with E-state index in [9.17, 15) is 4.79 Å². The van der Waals surface area contributed by atoms with Gasteiger partial charge in [0.15, 0.2) is 0 Å². The SMILES string of the molecule is CCC(C)(C)C(=O)Nc1cc(CN(C)CCOC)c(C)cn1. The molecule has 0 aromatic carbocycles. The van der Waals surface area contributed by atoms with E-state index in [2.05, 4.69) is 22.2 Å². The van der Waals surface area contributed by atoms with E-state index in [4.69, 9.17) is 4.74 Å². The Labute approximate surface area is 134 Å². The molecular weight excluding hydrogens is 278 g/mol. The fourth-order valence-corrected chi connectivity index (χ4v) is 1.87. The van der Waals surface area contributed by atoms with Crippen molar-refractivity contribution < 1.29 is 9.53 Å². The third kappa shape index (κ3) is 5.39. The molecule has 0 aliphatic heterocycles. The number of nitrogens with one attached hydrogen (secondary N) is 1. The molecule has 0 unspecified atom stereocenters. The molecule has 1 heterocycles. The number of hydrogen-bond donors (Lipinski definition) is 1. The summed E-state index contributed by atoms with van der Waals surface area (Å²) in [5.41, 5.74) is 1.90. The van der Waals surface area contributed by atoms with E-state index in [0.717, 1.165) is 25.1 Å². The smallest absolute Gasteiger partial charge is 0.231 e. The molecule has 0 radical (unpaired) electrons. The van der Waals surface area contributed by atoms with Crippen molar-refractivity contribution in [2.75, 3.05) is 32.6 Å². The quantitative estimate of drug-likeness (QED) is 0.802. The van der Waals surface area contributed by atoms with Gasteiger partial charge >= 0.3 is 0 Å². The highest BCUT2D eigenvalue weighted by Gasteiger charge is 2.25. The molecule has 0 aliphatic carbocycles. The molecule has 0 aliphatic rings. The van der Waals surface area contributed by atoms with Crippen molar-refractivity contribution in [2.24, 2.45) is 5.41 Å². The van der Waals surface area contributed by atoms with E-state index in [1.807, 2.05) is 40.0 Å². The third-order valence-electron chi connectivity index (χ3n) is 4.07. The summed E-state index contributed by atoms with van der Waals surface area (Å²) in [6.45, 7) is 10.3. The van der Waals surface area contributed by atoms with Crippen molar-refractivity contribution >= 4 is 11.7 Å². The van der Waals surface area contributed by atoms with Crippen LogP contribution in [0.4, 0.5) is 5.82 Å². The molecule has 0 atom stereocenters. The van der Waals surface area contributed by atoms with Gasteiger partial charge in [0.25, 0.3) is 0 Å². The van der Waals surface area contributed by atoms with Crippen LogP contribution >= 0.6 is 0 Å². The van der Waals surface area contributed by atoms with Crippen molar-refractivity contribution in [2.45, 2.75) is 40.7 Å². The zero-order valence-electron chi connectivity index (χ0n) is 14.7. The number of nitrogens with zero attached hydrogens (tertiary/aromatic N) is 2. The highest BCUT2D eigenvalue weighted by Crippen LogP contribution is 2.22. The summed E-state index contributed by atoms with van der Waals surface area (Å²) in [7, 11) is 3.76. The Balaban J connectivity index is 2.79. The summed E-state index contributed by atoms with van der Waals surface area (Å²) >= 11 is 0. The number of hydrogen-bond acceptors (Lipinski definition) is 4. The maximum atomic E-state index is 12.2. The van der Waals surface area contributed by atoms with Crippen molar-refractivity contribution in [1.82, 2.24) is 9.88 Å². The topological polar surface area (TPSA) is 54.5 Å². The largest absolute Gasteiger partial charge is 0.383 e. The third-order valence-corrected chi connectivity index (χ3v) is 4.07. The van der Waals surface area contributed by atoms with Crippen molar-refractivity contribution in [3.05, 3.63) is 23.4 Å². The van der Waals surface area contributed by atoms with Crippen LogP contribution in [0.1, 0.15) is 38.3 Å². The molecule has 1 amide bonds. The summed E-state index contributed by atoms with van der Waals surface area (Å²) in [5, 5.41) is 2.92. The maximum absolute atomic E-state index is 12.2. The average Bonchev–Trinajstić information content (AvgIpc) is 2.48. The van der Waals surface area contributed by atoms with Crippen LogP contribution in [0.25, 0.3) is 0 Å². The molecule has 5 heteroatoms. The van der Waals surface area contributed by atoms with E-state index in [1.54, 1.807) is 7.11 Å². The molecule has 1 rings (SSSR count). The second-order valence-electron chi connectivity index (χ2n) is 6.42. The van der Waals surface area contributed by atoms with E-state index in [1.165, 1.54) is 5.56 Å². The van der Waals surface area contributed by atoms with Gasteiger partial charge in [0, 0.05) is 31.8 Å². The Morgan fingerprint density at radius 3 is 2.73 bits per heavy atom. The first-order valence-corrected chi connectivity index (χ1v) is 7.74. The van der Waals surface area contributed by atoms with Crippen LogP contribution < -0.4 is 5.32 Å². The predicted molar refractivity (Wildman–Crippen MR) is 89.9 cm³/mol. The van der Waals surface area contributed by atoms with Crippen molar-refractivity contribution in [3.8, 4) is 0 Å². The maximum Gasteiger partial charge on any atom is 0.231 e. The highest BCUT2D eigenvalue weighted by molar-refractivity contribution is 5.94. The van der Waals surface area contributed by atoms with Crippen molar-refractivity contribution in [3.63, 3.8) is 0 Å². The van der Waals surface area contributed by atoms with E-state index < -0.39 is 0 Å². The molecule has 0 saturated heterocycles. The monoisotopic (exact) mass is 307 g/mol. The Kier molecular flexibility index (Phi) is 6.97. The lowest BCUT2D eigenvalue weighted by Gasteiger charge is -2.22. The number of anilines is 1. The Bertz CT molecular complexity index is 501. The van der Waals surface area contributed by atoms with Gasteiger partial charge in [0.05, 0.1) is 6.61 Å². The number of aromatic nitrogens is 1. The minimum Gasteiger partial charge on any atom is -0.383 e. The second-order valence-corrected chi connectivity index (χ2v) is 6.42. The van der Waals surface area contributed by atoms with Crippen LogP contribution in [0.3, 0.4) is 0 Å².